The summed E-state index contributed by atoms with van der Waals surface area (Å²) in [6.07, 6.45) is 3.57. The quantitative estimate of drug-likeness (QED) is 0.785. The molecule has 2 aromatic rings. The van der Waals surface area contributed by atoms with Crippen LogP contribution < -0.4 is 5.32 Å². The van der Waals surface area contributed by atoms with Crippen molar-refractivity contribution in [2.24, 2.45) is 0 Å². The van der Waals surface area contributed by atoms with Crippen molar-refractivity contribution in [1.29, 1.82) is 0 Å². The first kappa shape index (κ1) is 13.6. The van der Waals surface area contributed by atoms with E-state index >= 15 is 0 Å². The molecular formula is C17H20FN. The first-order valence-corrected chi connectivity index (χ1v) is 6.86. The third kappa shape index (κ3) is 4.09. The van der Waals surface area contributed by atoms with Gasteiger partial charge in [0.15, 0.2) is 0 Å². The number of unbranched alkanes of at least 4 members (excludes halogenated alkanes) is 1. The van der Waals surface area contributed by atoms with E-state index in [4.69, 9.17) is 0 Å². The first-order valence-electron chi connectivity index (χ1n) is 6.86. The lowest BCUT2D eigenvalue weighted by Gasteiger charge is -2.08. The Morgan fingerprint density at radius 1 is 1.00 bits per heavy atom. The van der Waals surface area contributed by atoms with E-state index < -0.39 is 0 Å². The Hall–Kier alpha value is -1.83. The van der Waals surface area contributed by atoms with Gasteiger partial charge in [-0.1, -0.05) is 43.7 Å². The van der Waals surface area contributed by atoms with E-state index in [-0.39, 0.29) is 5.82 Å². The molecule has 0 saturated heterocycles. The first-order chi connectivity index (χ1) is 9.29. The zero-order valence-electron chi connectivity index (χ0n) is 11.3. The summed E-state index contributed by atoms with van der Waals surface area (Å²) in [5.74, 6) is -0.158. The summed E-state index contributed by atoms with van der Waals surface area (Å²) >= 11 is 0. The van der Waals surface area contributed by atoms with Gasteiger partial charge in [0.25, 0.3) is 0 Å². The number of aryl methyl sites for hydroxylation is 1. The average Bonchev–Trinajstić information content (AvgIpc) is 2.45. The van der Waals surface area contributed by atoms with Crippen LogP contribution in [0.3, 0.4) is 0 Å². The van der Waals surface area contributed by atoms with E-state index in [1.165, 1.54) is 24.5 Å². The highest BCUT2D eigenvalue weighted by molar-refractivity contribution is 5.45. The second kappa shape index (κ2) is 6.93. The van der Waals surface area contributed by atoms with E-state index in [1.807, 2.05) is 6.07 Å². The van der Waals surface area contributed by atoms with Gasteiger partial charge in [0, 0.05) is 17.8 Å². The lowest BCUT2D eigenvalue weighted by Crippen LogP contribution is -2.01. The van der Waals surface area contributed by atoms with Gasteiger partial charge in [-0.3, -0.25) is 0 Å². The number of nitrogens with one attached hydrogen (secondary N) is 1. The molecule has 0 aromatic heterocycles. The molecule has 0 radical (unpaired) electrons. The Morgan fingerprint density at radius 2 is 1.74 bits per heavy atom. The van der Waals surface area contributed by atoms with Crippen LogP contribution in [0.25, 0.3) is 0 Å². The van der Waals surface area contributed by atoms with Gasteiger partial charge in [-0.2, -0.15) is 0 Å². The number of rotatable bonds is 6. The molecule has 0 aliphatic rings. The zero-order chi connectivity index (χ0) is 13.5. The van der Waals surface area contributed by atoms with E-state index in [2.05, 4.69) is 36.5 Å². The topological polar surface area (TPSA) is 12.0 Å². The lowest BCUT2D eigenvalue weighted by molar-refractivity contribution is 0.613. The van der Waals surface area contributed by atoms with Crippen LogP contribution in [0.2, 0.25) is 0 Å². The fourth-order valence-corrected chi connectivity index (χ4v) is 2.01. The number of hydrogen-bond donors (Lipinski definition) is 1. The van der Waals surface area contributed by atoms with Crippen molar-refractivity contribution in [3.8, 4) is 0 Å². The SMILES string of the molecule is CCCCc1ccc(NCc2ccccc2F)cc1. The highest BCUT2D eigenvalue weighted by Crippen LogP contribution is 2.14. The average molecular weight is 257 g/mol. The maximum absolute atomic E-state index is 13.5. The van der Waals surface area contributed by atoms with Crippen LogP contribution in [-0.4, -0.2) is 0 Å². The normalized spacial score (nSPS) is 10.4. The van der Waals surface area contributed by atoms with E-state index in [0.717, 1.165) is 12.1 Å². The van der Waals surface area contributed by atoms with Crippen LogP contribution in [0, 0.1) is 5.82 Å². The molecule has 0 aliphatic carbocycles. The Bertz CT molecular complexity index is 505. The summed E-state index contributed by atoms with van der Waals surface area (Å²) in [5, 5.41) is 3.25. The minimum Gasteiger partial charge on any atom is -0.381 e. The number of halogens is 1. The molecule has 0 saturated carbocycles. The van der Waals surface area contributed by atoms with Crippen molar-refractivity contribution in [2.45, 2.75) is 32.7 Å². The summed E-state index contributed by atoms with van der Waals surface area (Å²) in [7, 11) is 0. The largest absolute Gasteiger partial charge is 0.381 e. The summed E-state index contributed by atoms with van der Waals surface area (Å²) in [6.45, 7) is 2.71. The smallest absolute Gasteiger partial charge is 0.128 e. The predicted octanol–water partition coefficient (Wildman–Crippen LogP) is 4.78. The molecule has 19 heavy (non-hydrogen) atoms. The van der Waals surface area contributed by atoms with Crippen LogP contribution in [0.4, 0.5) is 10.1 Å². The fraction of sp³-hybridized carbons (Fsp3) is 0.294. The monoisotopic (exact) mass is 257 g/mol. The molecule has 0 fully saturated rings. The van der Waals surface area contributed by atoms with Crippen molar-refractivity contribution >= 4 is 5.69 Å². The highest BCUT2D eigenvalue weighted by atomic mass is 19.1. The molecule has 1 N–H and O–H groups in total. The third-order valence-corrected chi connectivity index (χ3v) is 3.21. The standard InChI is InChI=1S/C17H20FN/c1-2-3-6-14-9-11-16(12-10-14)19-13-15-7-4-5-8-17(15)18/h4-5,7-12,19H,2-3,6,13H2,1H3. The van der Waals surface area contributed by atoms with Gasteiger partial charge in [-0.25, -0.2) is 4.39 Å². The Labute approximate surface area is 114 Å². The summed E-state index contributed by atoms with van der Waals surface area (Å²) in [5.41, 5.74) is 3.08. The summed E-state index contributed by atoms with van der Waals surface area (Å²) < 4.78 is 13.5. The van der Waals surface area contributed by atoms with Gasteiger partial charge in [0.1, 0.15) is 5.82 Å². The molecule has 0 aliphatic heterocycles. The molecule has 1 nitrogen and oxygen atoms in total. The summed E-state index contributed by atoms with van der Waals surface area (Å²) in [4.78, 5) is 0. The van der Waals surface area contributed by atoms with Crippen LogP contribution in [0.1, 0.15) is 30.9 Å². The second-order valence-corrected chi connectivity index (χ2v) is 4.75. The van der Waals surface area contributed by atoms with Gasteiger partial charge < -0.3 is 5.32 Å². The molecule has 0 amide bonds. The Kier molecular flexibility index (Phi) is 4.96. The molecular weight excluding hydrogens is 237 g/mol. The molecule has 0 spiro atoms. The van der Waals surface area contributed by atoms with Gasteiger partial charge in [0.2, 0.25) is 0 Å². The number of benzene rings is 2. The van der Waals surface area contributed by atoms with Gasteiger partial charge in [0.05, 0.1) is 0 Å². The van der Waals surface area contributed by atoms with E-state index in [1.54, 1.807) is 12.1 Å². The predicted molar refractivity (Wildman–Crippen MR) is 78.8 cm³/mol. The molecule has 2 rings (SSSR count). The van der Waals surface area contributed by atoms with Crippen molar-refractivity contribution in [2.75, 3.05) is 5.32 Å². The Morgan fingerprint density at radius 3 is 2.42 bits per heavy atom. The molecule has 2 heteroatoms. The van der Waals surface area contributed by atoms with Crippen molar-refractivity contribution < 1.29 is 4.39 Å². The molecule has 2 aromatic carbocycles. The van der Waals surface area contributed by atoms with E-state index in [0.29, 0.717) is 12.1 Å². The van der Waals surface area contributed by atoms with Crippen molar-refractivity contribution in [1.82, 2.24) is 0 Å². The van der Waals surface area contributed by atoms with Crippen LogP contribution in [-0.2, 0) is 13.0 Å². The van der Waals surface area contributed by atoms with Crippen molar-refractivity contribution in [3.05, 3.63) is 65.5 Å². The Balaban J connectivity index is 1.91. The third-order valence-electron chi connectivity index (χ3n) is 3.21. The van der Waals surface area contributed by atoms with Crippen LogP contribution in [0.15, 0.2) is 48.5 Å². The molecule has 100 valence electrons. The fourth-order valence-electron chi connectivity index (χ4n) is 2.01. The van der Waals surface area contributed by atoms with Crippen molar-refractivity contribution in [3.63, 3.8) is 0 Å². The number of anilines is 1. The maximum Gasteiger partial charge on any atom is 0.128 e. The van der Waals surface area contributed by atoms with Gasteiger partial charge >= 0.3 is 0 Å². The maximum atomic E-state index is 13.5. The summed E-state index contributed by atoms with van der Waals surface area (Å²) in [6, 6.07) is 15.3. The van der Waals surface area contributed by atoms with Crippen LogP contribution >= 0.6 is 0 Å². The zero-order valence-corrected chi connectivity index (χ0v) is 11.3. The van der Waals surface area contributed by atoms with Crippen LogP contribution in [0.5, 0.6) is 0 Å². The van der Waals surface area contributed by atoms with Gasteiger partial charge in [-0.15, -0.1) is 0 Å². The molecule has 0 atom stereocenters. The van der Waals surface area contributed by atoms with E-state index in [9.17, 15) is 4.39 Å². The molecule has 0 bridgehead atoms. The number of hydrogen-bond acceptors (Lipinski definition) is 1. The highest BCUT2D eigenvalue weighted by Gasteiger charge is 2.00. The lowest BCUT2D eigenvalue weighted by atomic mass is 10.1. The molecule has 0 unspecified atom stereocenters. The van der Waals surface area contributed by atoms with Gasteiger partial charge in [-0.05, 0) is 36.6 Å². The minimum atomic E-state index is -0.158. The minimum absolute atomic E-state index is 0.158. The second-order valence-electron chi connectivity index (χ2n) is 4.75. The molecule has 0 heterocycles.